The molecule has 0 saturated carbocycles. The highest BCUT2D eigenvalue weighted by Crippen LogP contribution is 2.42. The lowest BCUT2D eigenvalue weighted by Crippen LogP contribution is -2.71. The summed E-state index contributed by atoms with van der Waals surface area (Å²) in [6.07, 6.45) is 1.10. The summed E-state index contributed by atoms with van der Waals surface area (Å²) < 4.78 is 127. The number of halogens is 3. The van der Waals surface area contributed by atoms with Crippen LogP contribution < -0.4 is 25.7 Å². The summed E-state index contributed by atoms with van der Waals surface area (Å²) in [6.45, 7) is 11.6. The molecule has 4 aromatic rings. The van der Waals surface area contributed by atoms with E-state index in [0.29, 0.717) is 75.1 Å². The molecule has 19 heteroatoms. The monoisotopic (exact) mass is 925 g/mol. The molecule has 1 aliphatic heterocycles. The van der Waals surface area contributed by atoms with Crippen molar-refractivity contribution in [2.75, 3.05) is 18.4 Å². The van der Waals surface area contributed by atoms with E-state index in [9.17, 15) is 43.2 Å². The van der Waals surface area contributed by atoms with Crippen LogP contribution in [0.2, 0.25) is 0 Å². The lowest BCUT2D eigenvalue weighted by atomic mass is 9.93. The Labute approximate surface area is 364 Å². The van der Waals surface area contributed by atoms with E-state index in [2.05, 4.69) is 24.5 Å². The number of hydrogen-bond acceptors (Lipinski definition) is 9. The number of hydrogen-bond donors (Lipinski definition) is 4. The number of para-hydroxylation sites is 1. The Morgan fingerprint density at radius 3 is 2.11 bits per heavy atom. The predicted octanol–water partition coefficient (Wildman–Crippen LogP) is 7.24. The highest BCUT2D eigenvalue weighted by Gasteiger charge is 2.40. The number of carbonyl (C=O) groups is 1. The molecule has 0 fully saturated rings. The van der Waals surface area contributed by atoms with Crippen molar-refractivity contribution in [3.63, 3.8) is 0 Å². The minimum absolute atomic E-state index is 0.0645. The lowest BCUT2D eigenvalue weighted by molar-refractivity contribution is -0.403. The molecule has 6 rings (SSSR count). The van der Waals surface area contributed by atoms with Gasteiger partial charge in [0.05, 0.1) is 11.0 Å². The van der Waals surface area contributed by atoms with E-state index in [0.717, 1.165) is 28.9 Å². The maximum absolute atomic E-state index is 13.3. The molecule has 0 spiro atoms. The zero-order valence-electron chi connectivity index (χ0n) is 35.1. The van der Waals surface area contributed by atoms with Crippen molar-refractivity contribution in [3.05, 3.63) is 123 Å². The average molecular weight is 926 g/mol. The van der Waals surface area contributed by atoms with Crippen LogP contribution in [0.1, 0.15) is 48.9 Å². The highest BCUT2D eigenvalue weighted by molar-refractivity contribution is 8.12. The molecule has 1 heterocycles. The van der Waals surface area contributed by atoms with Gasteiger partial charge in [-0.2, -0.15) is 13.2 Å². The normalized spacial score (nSPS) is 13.4. The van der Waals surface area contributed by atoms with Crippen LogP contribution in [-0.4, -0.2) is 49.8 Å². The third-order valence-corrected chi connectivity index (χ3v) is 14.9. The Balaban J connectivity index is 1.41. The van der Waals surface area contributed by atoms with Crippen molar-refractivity contribution in [2.45, 2.75) is 69.7 Å². The van der Waals surface area contributed by atoms with Crippen molar-refractivity contribution in [3.8, 4) is 22.5 Å². The average Bonchev–Trinajstić information content (AvgIpc) is 3.21. The number of anilines is 2. The number of benzene rings is 5. The molecular formula is C44H46F3N5O8S3. The highest BCUT2D eigenvalue weighted by atomic mass is 32.3. The largest absolute Gasteiger partial charge is 0.480 e. The number of nitrogens with zero attached hydrogens (tertiary/aromatic N) is 1. The number of amides is 1. The van der Waals surface area contributed by atoms with Gasteiger partial charge in [0.1, 0.15) is 21.4 Å². The molecule has 1 unspecified atom stereocenters. The van der Waals surface area contributed by atoms with Gasteiger partial charge >= 0.3 is 5.51 Å². The molecule has 0 radical (unpaired) electrons. The molecule has 63 heavy (non-hydrogen) atoms. The number of alkyl halides is 3. The molecule has 4 N–H and O–H groups in total. The predicted molar refractivity (Wildman–Crippen MR) is 235 cm³/mol. The summed E-state index contributed by atoms with van der Waals surface area (Å²) in [6, 6.07) is 24.2. The minimum atomic E-state index is -6.38. The SMILES string of the molecule is CCC(C)C(=O)NCCCNS(=O)(=O)c1cc(C)c([NH+]=c2ccc3c(-c4cccc(S(=O)(=O)[N-]S(=O)(=O)C(F)(F)F)c4)c4ccc(Nc5c(C)cccc5C)cc4oc-3c2)c(C)c1. The first-order chi connectivity index (χ1) is 29.5. The van der Waals surface area contributed by atoms with Crippen LogP contribution in [0.5, 0.6) is 0 Å². The smallest absolute Gasteiger partial charge is 0.456 e. The summed E-state index contributed by atoms with van der Waals surface area (Å²) in [7, 11) is -15.6. The van der Waals surface area contributed by atoms with Crippen molar-refractivity contribution >= 4 is 64.0 Å². The van der Waals surface area contributed by atoms with Gasteiger partial charge in [0, 0.05) is 75.1 Å². The van der Waals surface area contributed by atoms with Crippen LogP contribution in [0.3, 0.4) is 0 Å². The van der Waals surface area contributed by atoms with E-state index >= 15 is 0 Å². The summed E-state index contributed by atoms with van der Waals surface area (Å²) in [5, 5.41) is 7.26. The molecular weight excluding hydrogens is 880 g/mol. The van der Waals surface area contributed by atoms with Crippen molar-refractivity contribution in [1.82, 2.24) is 10.0 Å². The van der Waals surface area contributed by atoms with Gasteiger partial charge in [-0.15, -0.1) is 0 Å². The standard InChI is InChI=1S/C44H45F3N5O8S3/c1-7-26(2)43(53)48-19-10-20-49-61(54,55)35-21-29(5)42(30(6)22-35)51-33-16-18-37-39(25-33)60-38-24-32(50-41-27(3)11-8-12-28(41)4)15-17-36(38)40(37)31-13-9-14-34(23-31)62(56,57)52-63(58,59)44(45,46)47/h8-9,11-18,21-26,49H,7,10,19-20H2,1-6H3,(H,48,53)(H,50,51)/q-1/p+1. The van der Waals surface area contributed by atoms with Crippen LogP contribution in [0.15, 0.2) is 105 Å². The zero-order chi connectivity index (χ0) is 46.1. The molecule has 13 nitrogen and oxygen atoms in total. The summed E-state index contributed by atoms with van der Waals surface area (Å²) in [4.78, 5) is 14.7. The number of rotatable bonds is 15. The molecule has 0 aromatic heterocycles. The van der Waals surface area contributed by atoms with E-state index < -0.39 is 40.5 Å². The van der Waals surface area contributed by atoms with Gasteiger partial charge in [0.2, 0.25) is 27.0 Å². The quantitative estimate of drug-likeness (QED) is 0.0606. The molecule has 1 atom stereocenters. The van der Waals surface area contributed by atoms with E-state index in [4.69, 9.17) is 4.42 Å². The molecule has 2 aliphatic rings. The lowest BCUT2D eigenvalue weighted by Gasteiger charge is -2.23. The van der Waals surface area contributed by atoms with Crippen molar-refractivity contribution in [2.24, 2.45) is 5.92 Å². The van der Waals surface area contributed by atoms with Crippen LogP contribution >= 0.6 is 0 Å². The van der Waals surface area contributed by atoms with Crippen LogP contribution in [0.4, 0.5) is 30.2 Å². The first kappa shape index (κ1) is 46.9. The van der Waals surface area contributed by atoms with Gasteiger partial charge in [0.25, 0.3) is 0 Å². The minimum Gasteiger partial charge on any atom is -0.456 e. The zero-order valence-corrected chi connectivity index (χ0v) is 37.6. The van der Waals surface area contributed by atoms with Gasteiger partial charge in [-0.05, 0) is 99.7 Å². The third kappa shape index (κ3) is 10.4. The molecule has 0 bridgehead atoms. The number of sulfonamides is 3. The summed E-state index contributed by atoms with van der Waals surface area (Å²) in [5.41, 5.74) is 0.895. The Bertz CT molecular complexity index is 3070. The van der Waals surface area contributed by atoms with Gasteiger partial charge in [0.15, 0.2) is 10.0 Å². The van der Waals surface area contributed by atoms with E-state index in [1.807, 2.05) is 45.9 Å². The number of aryl methyl sites for hydroxylation is 4. The number of fused-ring (bicyclic) bond motifs is 2. The first-order valence-corrected chi connectivity index (χ1v) is 24.1. The Hall–Kier alpha value is -5.60. The fraction of sp³-hybridized carbons (Fsp3) is 0.273. The van der Waals surface area contributed by atoms with E-state index in [1.165, 1.54) is 24.3 Å². The van der Waals surface area contributed by atoms with Gasteiger partial charge in [-0.3, -0.25) is 4.79 Å². The Morgan fingerprint density at radius 1 is 0.794 bits per heavy atom. The second-order valence-corrected chi connectivity index (χ2v) is 20.4. The molecule has 4 aromatic carbocycles. The second-order valence-electron chi connectivity index (χ2n) is 15.2. The summed E-state index contributed by atoms with van der Waals surface area (Å²) in [5.74, 6) is 0.0961. The molecule has 1 aliphatic carbocycles. The maximum atomic E-state index is 13.3. The van der Waals surface area contributed by atoms with E-state index in [-0.39, 0.29) is 28.8 Å². The Kier molecular flexibility index (Phi) is 13.6. The molecule has 1 amide bonds. The van der Waals surface area contributed by atoms with Gasteiger partial charge in [-0.25, -0.2) is 35.0 Å². The topological polar surface area (TPSA) is 197 Å². The first-order valence-electron chi connectivity index (χ1n) is 19.7. The van der Waals surface area contributed by atoms with Crippen molar-refractivity contribution < 1.29 is 52.6 Å². The van der Waals surface area contributed by atoms with E-state index in [1.54, 1.807) is 50.2 Å². The number of nitrogens with one attached hydrogen (secondary N) is 4. The Morgan fingerprint density at radius 2 is 1.46 bits per heavy atom. The van der Waals surface area contributed by atoms with Crippen LogP contribution in [-0.2, 0) is 34.9 Å². The third-order valence-electron chi connectivity index (χ3n) is 10.5. The molecule has 0 saturated heterocycles. The van der Waals surface area contributed by atoms with Gasteiger partial charge < -0.3 is 19.2 Å². The number of carbonyl (C=O) groups excluding carboxylic acids is 1. The fourth-order valence-corrected chi connectivity index (χ4v) is 10.4. The van der Waals surface area contributed by atoms with Crippen LogP contribution in [0, 0.1) is 33.6 Å². The van der Waals surface area contributed by atoms with Crippen LogP contribution in [0.25, 0.3) is 37.5 Å². The van der Waals surface area contributed by atoms with Gasteiger partial charge in [-0.1, -0.05) is 44.2 Å². The maximum Gasteiger partial charge on any atom is 0.480 e. The molecule has 334 valence electrons. The fourth-order valence-electron chi connectivity index (χ4n) is 6.91. The summed E-state index contributed by atoms with van der Waals surface area (Å²) >= 11 is 0. The second kappa shape index (κ2) is 18.2. The van der Waals surface area contributed by atoms with Crippen molar-refractivity contribution in [1.29, 1.82) is 0 Å².